The molecular formula is C19H18F6N2O3S2. The van der Waals surface area contributed by atoms with Crippen LogP contribution in [0.25, 0.3) is 0 Å². The Morgan fingerprint density at radius 1 is 1.00 bits per heavy atom. The van der Waals surface area contributed by atoms with E-state index in [4.69, 9.17) is 0 Å². The Balaban J connectivity index is 2.01. The number of carbonyl (C=O) groups is 1. The molecule has 32 heavy (non-hydrogen) atoms. The van der Waals surface area contributed by atoms with Crippen molar-refractivity contribution in [1.29, 1.82) is 0 Å². The molecule has 1 aromatic carbocycles. The molecule has 0 fully saturated rings. The van der Waals surface area contributed by atoms with Crippen LogP contribution in [0, 0.1) is 0 Å². The van der Waals surface area contributed by atoms with Crippen molar-refractivity contribution in [2.45, 2.75) is 40.9 Å². The Kier molecular flexibility index (Phi) is 7.55. The fraction of sp³-hybridized carbons (Fsp3) is 0.368. The number of amides is 1. The van der Waals surface area contributed by atoms with Crippen molar-refractivity contribution in [2.75, 3.05) is 12.3 Å². The molecule has 0 aliphatic carbocycles. The summed E-state index contributed by atoms with van der Waals surface area (Å²) in [6.45, 7) is 2.10. The smallest absolute Gasteiger partial charge is 0.354 e. The number of alkyl halides is 6. The van der Waals surface area contributed by atoms with Crippen LogP contribution in [0.5, 0.6) is 0 Å². The van der Waals surface area contributed by atoms with E-state index in [-0.39, 0.29) is 12.3 Å². The number of hydrogen-bond donors (Lipinski definition) is 1. The molecule has 5 nitrogen and oxygen atoms in total. The van der Waals surface area contributed by atoms with Crippen molar-refractivity contribution in [3.8, 4) is 0 Å². The number of halogens is 6. The first-order valence-electron chi connectivity index (χ1n) is 8.93. The Morgan fingerprint density at radius 3 is 2.16 bits per heavy atom. The number of carbonyl (C=O) groups excluding carboxylic acids is 1. The van der Waals surface area contributed by atoms with Crippen LogP contribution < -0.4 is 5.32 Å². The normalized spacial score (nSPS) is 13.1. The monoisotopic (exact) mass is 500 g/mol. The van der Waals surface area contributed by atoms with E-state index >= 15 is 0 Å². The average molecular weight is 500 g/mol. The molecule has 0 spiro atoms. The highest BCUT2D eigenvalue weighted by Crippen LogP contribution is 2.32. The third-order valence-corrected chi connectivity index (χ3v) is 7.69. The van der Waals surface area contributed by atoms with E-state index in [0.717, 1.165) is 37.7 Å². The fourth-order valence-electron chi connectivity index (χ4n) is 2.40. The Bertz CT molecular complexity index is 1070. The summed E-state index contributed by atoms with van der Waals surface area (Å²) in [4.78, 5) is 16.1. The van der Waals surface area contributed by atoms with Gasteiger partial charge in [-0.1, -0.05) is 6.07 Å². The van der Waals surface area contributed by atoms with Gasteiger partial charge in [0.15, 0.2) is 9.77 Å². The maximum Gasteiger partial charge on any atom is 0.417 e. The minimum absolute atomic E-state index is 0.0564. The van der Waals surface area contributed by atoms with Crippen LogP contribution in [0.2, 0.25) is 0 Å². The molecule has 1 N–H and O–H groups in total. The number of hydrogen-bond acceptors (Lipinski definition) is 5. The second-order valence-electron chi connectivity index (χ2n) is 7.03. The van der Waals surface area contributed by atoms with E-state index in [0.29, 0.717) is 23.2 Å². The summed E-state index contributed by atoms with van der Waals surface area (Å²) in [5.74, 6) is -0.773. The zero-order valence-electron chi connectivity index (χ0n) is 16.7. The molecular weight excluding hydrogens is 482 g/mol. The van der Waals surface area contributed by atoms with Gasteiger partial charge >= 0.3 is 12.4 Å². The van der Waals surface area contributed by atoms with Gasteiger partial charge in [-0.15, -0.1) is 11.8 Å². The number of benzene rings is 1. The highest BCUT2D eigenvalue weighted by atomic mass is 32.2. The lowest BCUT2D eigenvalue weighted by atomic mass is 10.2. The van der Waals surface area contributed by atoms with Gasteiger partial charge in [-0.3, -0.25) is 4.79 Å². The van der Waals surface area contributed by atoms with E-state index in [2.05, 4.69) is 10.3 Å². The minimum Gasteiger partial charge on any atom is -0.354 e. The second kappa shape index (κ2) is 9.30. The van der Waals surface area contributed by atoms with Crippen molar-refractivity contribution in [3.63, 3.8) is 0 Å². The van der Waals surface area contributed by atoms with E-state index < -0.39 is 49.0 Å². The summed E-state index contributed by atoms with van der Waals surface area (Å²) >= 11 is 1.03. The van der Waals surface area contributed by atoms with Gasteiger partial charge < -0.3 is 5.32 Å². The lowest BCUT2D eigenvalue weighted by Crippen LogP contribution is -2.48. The number of nitrogens with one attached hydrogen (secondary N) is 1. The van der Waals surface area contributed by atoms with Crippen molar-refractivity contribution in [2.24, 2.45) is 0 Å². The largest absolute Gasteiger partial charge is 0.417 e. The maximum absolute atomic E-state index is 12.7. The first-order valence-corrected chi connectivity index (χ1v) is 11.4. The summed E-state index contributed by atoms with van der Waals surface area (Å²) in [6, 6.07) is 5.82. The van der Waals surface area contributed by atoms with E-state index in [9.17, 15) is 39.6 Å². The Hall–Kier alpha value is -2.28. The topological polar surface area (TPSA) is 76.1 Å². The maximum atomic E-state index is 12.7. The van der Waals surface area contributed by atoms with Gasteiger partial charge in [-0.25, -0.2) is 13.4 Å². The summed E-state index contributed by atoms with van der Waals surface area (Å²) in [5.41, 5.74) is -1.95. The molecule has 0 saturated heterocycles. The van der Waals surface area contributed by atoms with Gasteiger partial charge in [0, 0.05) is 23.4 Å². The zero-order chi connectivity index (χ0) is 24.4. The predicted molar refractivity (Wildman–Crippen MR) is 106 cm³/mol. The molecule has 176 valence electrons. The quantitative estimate of drug-likeness (QED) is 0.342. The summed E-state index contributed by atoms with van der Waals surface area (Å²) in [7, 11) is -4.43. The average Bonchev–Trinajstić information content (AvgIpc) is 2.70. The highest BCUT2D eigenvalue weighted by molar-refractivity contribution is 7.99. The Labute approximate surface area is 184 Å². The van der Waals surface area contributed by atoms with E-state index in [1.807, 2.05) is 0 Å². The molecule has 0 atom stereocenters. The summed E-state index contributed by atoms with van der Waals surface area (Å²) < 4.78 is 99.5. The van der Waals surface area contributed by atoms with Crippen molar-refractivity contribution < 1.29 is 39.6 Å². The number of pyridine rings is 1. The summed E-state index contributed by atoms with van der Waals surface area (Å²) in [5, 5.41) is 1.69. The van der Waals surface area contributed by atoms with Crippen molar-refractivity contribution in [3.05, 3.63) is 53.7 Å². The molecule has 0 bridgehead atoms. The molecule has 1 heterocycles. The number of rotatable bonds is 7. The van der Waals surface area contributed by atoms with E-state index in [1.54, 1.807) is 0 Å². The predicted octanol–water partition coefficient (Wildman–Crippen LogP) is 4.58. The molecule has 2 rings (SSSR count). The third-order valence-electron chi connectivity index (χ3n) is 4.38. The first kappa shape index (κ1) is 26.0. The lowest BCUT2D eigenvalue weighted by molar-refractivity contribution is -0.138. The molecule has 0 saturated carbocycles. The van der Waals surface area contributed by atoms with Crippen molar-refractivity contribution >= 4 is 27.5 Å². The van der Waals surface area contributed by atoms with Gasteiger partial charge in [0.2, 0.25) is 15.7 Å². The van der Waals surface area contributed by atoms with Crippen LogP contribution in [0.4, 0.5) is 26.3 Å². The number of sulfone groups is 1. The molecule has 0 radical (unpaired) electrons. The standard InChI is InChI=1S/C19H18F6N2O3S2/c1-17(2,32(29,30)15-7-6-13(11-27-15)19(23,24)25)16(28)26-8-9-31-14-5-3-4-12(10-14)18(20,21)22/h3-7,10-11H,8-9H2,1-2H3,(H,26,28). The SMILES string of the molecule is CC(C)(C(=O)NCCSc1cccc(C(F)(F)F)c1)S(=O)(=O)c1ccc(C(F)(F)F)cn1. The van der Waals surface area contributed by atoms with Crippen LogP contribution >= 0.6 is 11.8 Å². The fourth-order valence-corrected chi connectivity index (χ4v) is 4.50. The number of nitrogens with zero attached hydrogens (tertiary/aromatic N) is 1. The van der Waals surface area contributed by atoms with Gasteiger partial charge in [-0.2, -0.15) is 26.3 Å². The van der Waals surface area contributed by atoms with Crippen LogP contribution in [0.1, 0.15) is 25.0 Å². The number of aromatic nitrogens is 1. The van der Waals surface area contributed by atoms with Gasteiger partial charge in [-0.05, 0) is 44.2 Å². The summed E-state index contributed by atoms with van der Waals surface area (Å²) in [6.07, 6.45) is -8.82. The minimum atomic E-state index is -4.69. The first-order chi connectivity index (χ1) is 14.6. The van der Waals surface area contributed by atoms with Crippen LogP contribution in [0.15, 0.2) is 52.5 Å². The molecule has 1 amide bonds. The van der Waals surface area contributed by atoms with Crippen molar-refractivity contribution in [1.82, 2.24) is 10.3 Å². The van der Waals surface area contributed by atoms with E-state index in [1.165, 1.54) is 12.1 Å². The molecule has 2 aromatic rings. The zero-order valence-corrected chi connectivity index (χ0v) is 18.3. The lowest BCUT2D eigenvalue weighted by Gasteiger charge is -2.23. The molecule has 0 unspecified atom stereocenters. The molecule has 13 heteroatoms. The molecule has 0 aliphatic rings. The van der Waals surface area contributed by atoms with Crippen LogP contribution in [-0.4, -0.2) is 36.4 Å². The van der Waals surface area contributed by atoms with Gasteiger partial charge in [0.05, 0.1) is 11.1 Å². The highest BCUT2D eigenvalue weighted by Gasteiger charge is 2.44. The van der Waals surface area contributed by atoms with Crippen LogP contribution in [-0.2, 0) is 27.0 Å². The van der Waals surface area contributed by atoms with Crippen LogP contribution in [0.3, 0.4) is 0 Å². The number of thioether (sulfide) groups is 1. The molecule has 0 aliphatic heterocycles. The molecule has 1 aromatic heterocycles. The van der Waals surface area contributed by atoms with Gasteiger partial charge in [0.1, 0.15) is 0 Å². The third kappa shape index (κ3) is 5.94. The second-order valence-corrected chi connectivity index (χ2v) is 10.6. The Morgan fingerprint density at radius 2 is 1.62 bits per heavy atom. The van der Waals surface area contributed by atoms with Gasteiger partial charge in [0.25, 0.3) is 0 Å².